The number of amides is 1. The number of nitrogens with two attached hydrogens (primary N) is 1. The molecule has 9 heteroatoms. The summed E-state index contributed by atoms with van der Waals surface area (Å²) in [5.41, 5.74) is 11.0. The number of carbonyl (C=O) groups excluding carboxylic acids is 1. The Kier molecular flexibility index (Phi) is 7.69. The Hall–Kier alpha value is -3.30. The Balaban J connectivity index is 1.45. The van der Waals surface area contributed by atoms with Crippen LogP contribution in [0.5, 0.6) is 0 Å². The molecule has 1 fully saturated rings. The number of hydrogen-bond donors (Lipinski definition) is 5. The fourth-order valence-corrected chi connectivity index (χ4v) is 3.54. The molecule has 1 unspecified atom stereocenters. The molecule has 0 spiro atoms. The third kappa shape index (κ3) is 6.59. The van der Waals surface area contributed by atoms with Crippen molar-refractivity contribution in [2.75, 3.05) is 0 Å². The molecule has 3 rings (SSSR count). The predicted octanol–water partition coefficient (Wildman–Crippen LogP) is 1.68. The van der Waals surface area contributed by atoms with Crippen molar-refractivity contribution in [3.63, 3.8) is 0 Å². The second-order valence-corrected chi connectivity index (χ2v) is 7.60. The van der Waals surface area contributed by atoms with Gasteiger partial charge < -0.3 is 16.2 Å². The number of hydroxylamine groups is 1. The topological polar surface area (TPSA) is 150 Å². The number of hydrogen-bond acceptors (Lipinski definition) is 6. The van der Waals surface area contributed by atoms with E-state index in [0.29, 0.717) is 31.2 Å². The van der Waals surface area contributed by atoms with Crippen LogP contribution in [0.4, 0.5) is 0 Å². The quantitative estimate of drug-likeness (QED) is 0.287. The van der Waals surface area contributed by atoms with Gasteiger partial charge in [0, 0.05) is 18.0 Å². The number of amidine groups is 1. The fraction of sp³-hybridized carbons (Fsp3) is 0.364. The minimum absolute atomic E-state index is 0.00477. The van der Waals surface area contributed by atoms with Gasteiger partial charge in [-0.05, 0) is 42.9 Å². The lowest BCUT2D eigenvalue weighted by molar-refractivity contribution is -0.142. The summed E-state index contributed by atoms with van der Waals surface area (Å²) in [6, 6.07) is 10.0. The molecule has 0 bridgehead atoms. The summed E-state index contributed by atoms with van der Waals surface area (Å²) in [6.07, 6.45) is 5.40. The molecule has 1 amide bonds. The number of carboxylic acids is 1. The Morgan fingerprint density at radius 1 is 1.32 bits per heavy atom. The Morgan fingerprint density at radius 2 is 2.10 bits per heavy atom. The van der Waals surface area contributed by atoms with Crippen LogP contribution in [0.15, 0.2) is 48.8 Å². The van der Waals surface area contributed by atoms with Gasteiger partial charge in [-0.3, -0.25) is 20.0 Å². The average molecular weight is 425 g/mol. The molecule has 0 saturated carbocycles. The van der Waals surface area contributed by atoms with Gasteiger partial charge in [0.1, 0.15) is 11.9 Å². The molecule has 6 N–H and O–H groups in total. The molecule has 1 saturated heterocycles. The molecule has 1 aromatic heterocycles. The zero-order chi connectivity index (χ0) is 22.2. The van der Waals surface area contributed by atoms with Crippen molar-refractivity contribution in [1.82, 2.24) is 15.8 Å². The Morgan fingerprint density at radius 3 is 2.74 bits per heavy atom. The third-order valence-electron chi connectivity index (χ3n) is 5.23. The maximum absolute atomic E-state index is 12.4. The highest BCUT2D eigenvalue weighted by Crippen LogP contribution is 2.27. The van der Waals surface area contributed by atoms with Crippen LogP contribution >= 0.6 is 0 Å². The van der Waals surface area contributed by atoms with Gasteiger partial charge in [-0.25, -0.2) is 4.79 Å². The number of pyridine rings is 1. The summed E-state index contributed by atoms with van der Waals surface area (Å²) in [7, 11) is 0. The van der Waals surface area contributed by atoms with Crippen LogP contribution in [0, 0.1) is 5.41 Å². The van der Waals surface area contributed by atoms with E-state index in [1.54, 1.807) is 24.5 Å². The first-order chi connectivity index (χ1) is 14.9. The van der Waals surface area contributed by atoms with E-state index >= 15 is 0 Å². The van der Waals surface area contributed by atoms with E-state index in [1.807, 2.05) is 24.3 Å². The summed E-state index contributed by atoms with van der Waals surface area (Å²) in [6.45, 7) is 0. The number of aryl methyl sites for hydroxylation is 1. The van der Waals surface area contributed by atoms with Crippen LogP contribution in [-0.2, 0) is 20.8 Å². The van der Waals surface area contributed by atoms with E-state index in [4.69, 9.17) is 16.0 Å². The average Bonchev–Trinajstić information content (AvgIpc) is 3.22. The summed E-state index contributed by atoms with van der Waals surface area (Å²) in [4.78, 5) is 33.5. The highest BCUT2D eigenvalue weighted by molar-refractivity contribution is 5.94. The third-order valence-corrected chi connectivity index (χ3v) is 5.23. The van der Waals surface area contributed by atoms with Gasteiger partial charge in [0.05, 0.1) is 18.6 Å². The molecule has 9 nitrogen and oxygen atoms in total. The van der Waals surface area contributed by atoms with Crippen LogP contribution in [0.2, 0.25) is 0 Å². The van der Waals surface area contributed by atoms with Gasteiger partial charge in [0.25, 0.3) is 0 Å². The number of aromatic nitrogens is 1. The van der Waals surface area contributed by atoms with Crippen LogP contribution in [-0.4, -0.2) is 39.9 Å². The number of nitrogens with one attached hydrogen (secondary N) is 3. The number of aliphatic carboxylic acids is 1. The largest absolute Gasteiger partial charge is 0.480 e. The van der Waals surface area contributed by atoms with E-state index < -0.39 is 12.0 Å². The Labute approximate surface area is 180 Å². The van der Waals surface area contributed by atoms with Gasteiger partial charge in [-0.1, -0.05) is 30.3 Å². The summed E-state index contributed by atoms with van der Waals surface area (Å²) < 4.78 is 0. The molecule has 31 heavy (non-hydrogen) atoms. The normalized spacial score (nSPS) is 19.0. The summed E-state index contributed by atoms with van der Waals surface area (Å²) in [5.74, 6) is -1.40. The van der Waals surface area contributed by atoms with Crippen LogP contribution in [0.25, 0.3) is 0 Å². The van der Waals surface area contributed by atoms with Crippen molar-refractivity contribution < 1.29 is 19.5 Å². The van der Waals surface area contributed by atoms with Gasteiger partial charge >= 0.3 is 5.97 Å². The zero-order valence-corrected chi connectivity index (χ0v) is 17.1. The first-order valence-electron chi connectivity index (χ1n) is 10.2. The zero-order valence-electron chi connectivity index (χ0n) is 17.1. The van der Waals surface area contributed by atoms with Crippen molar-refractivity contribution in [3.8, 4) is 0 Å². The molecule has 3 atom stereocenters. The number of rotatable bonds is 10. The second-order valence-electron chi connectivity index (χ2n) is 7.60. The number of carboxylic acid groups (broad SMARTS) is 1. The minimum Gasteiger partial charge on any atom is -0.480 e. The predicted molar refractivity (Wildman–Crippen MR) is 114 cm³/mol. The maximum Gasteiger partial charge on any atom is 0.326 e. The van der Waals surface area contributed by atoms with Crippen molar-refractivity contribution in [2.45, 2.75) is 50.3 Å². The molecule has 1 aliphatic rings. The van der Waals surface area contributed by atoms with Crippen molar-refractivity contribution in [1.29, 1.82) is 5.41 Å². The molecule has 2 heterocycles. The van der Waals surface area contributed by atoms with Gasteiger partial charge in [0.2, 0.25) is 5.91 Å². The van der Waals surface area contributed by atoms with Crippen LogP contribution < -0.4 is 16.5 Å². The highest BCUT2D eigenvalue weighted by atomic mass is 16.7. The monoisotopic (exact) mass is 425 g/mol. The fourth-order valence-electron chi connectivity index (χ4n) is 3.54. The molecule has 164 valence electrons. The molecular formula is C22H27N5O4. The lowest BCUT2D eigenvalue weighted by Crippen LogP contribution is -2.42. The first-order valence-corrected chi connectivity index (χ1v) is 10.2. The van der Waals surface area contributed by atoms with Crippen molar-refractivity contribution >= 4 is 17.7 Å². The SMILES string of the molecule is N=C(N)c1ccc([C@@H]2C[C@H](CC(=O)NC(CCCc3cccnc3)C(=O)O)ON2)cc1. The van der Waals surface area contributed by atoms with Gasteiger partial charge in [0.15, 0.2) is 0 Å². The van der Waals surface area contributed by atoms with E-state index in [9.17, 15) is 14.7 Å². The molecule has 1 aromatic carbocycles. The van der Waals surface area contributed by atoms with Crippen molar-refractivity contribution in [2.24, 2.45) is 5.73 Å². The van der Waals surface area contributed by atoms with E-state index in [0.717, 1.165) is 11.1 Å². The highest BCUT2D eigenvalue weighted by Gasteiger charge is 2.29. The minimum atomic E-state index is -1.05. The number of carbonyl (C=O) groups is 2. The standard InChI is InChI=1S/C22H27N5O4/c23-21(24)16-8-6-15(7-9-16)19-11-17(31-27-19)12-20(28)26-18(22(29)30)5-1-3-14-4-2-10-25-13-14/h2,4,6-10,13,17-19,27H,1,3,5,11-12H2,(H3,23,24)(H,26,28)(H,29,30)/t17-,18?,19+/m1/s1. The molecule has 0 aliphatic carbocycles. The smallest absolute Gasteiger partial charge is 0.326 e. The number of nitrogens with zero attached hydrogens (tertiary/aromatic N) is 1. The lowest BCUT2D eigenvalue weighted by Gasteiger charge is -2.16. The van der Waals surface area contributed by atoms with E-state index in [1.165, 1.54) is 0 Å². The van der Waals surface area contributed by atoms with Crippen molar-refractivity contribution in [3.05, 3.63) is 65.5 Å². The number of nitrogen functional groups attached to an aromatic ring is 1. The van der Waals surface area contributed by atoms with E-state index in [2.05, 4.69) is 15.8 Å². The maximum atomic E-state index is 12.4. The number of benzene rings is 1. The van der Waals surface area contributed by atoms with Crippen LogP contribution in [0.3, 0.4) is 0 Å². The second kappa shape index (κ2) is 10.6. The molecule has 0 radical (unpaired) electrons. The van der Waals surface area contributed by atoms with Gasteiger partial charge in [-0.15, -0.1) is 0 Å². The van der Waals surface area contributed by atoms with Crippen LogP contribution in [0.1, 0.15) is 48.4 Å². The van der Waals surface area contributed by atoms with Gasteiger partial charge in [-0.2, -0.15) is 5.48 Å². The summed E-state index contributed by atoms with van der Waals surface area (Å²) >= 11 is 0. The summed E-state index contributed by atoms with van der Waals surface area (Å²) in [5, 5.41) is 19.5. The van der Waals surface area contributed by atoms with E-state index in [-0.39, 0.29) is 30.3 Å². The molecule has 2 aromatic rings. The first kappa shape index (κ1) is 22.4. The molecular weight excluding hydrogens is 398 g/mol. The lowest BCUT2D eigenvalue weighted by atomic mass is 9.99. The Bertz CT molecular complexity index is 904. The molecule has 1 aliphatic heterocycles.